The maximum Gasteiger partial charge on any atom is 0.308 e. The minimum absolute atomic E-state index is 0.179. The van der Waals surface area contributed by atoms with E-state index in [0.29, 0.717) is 12.0 Å². The Kier molecular flexibility index (Phi) is 2.74. The van der Waals surface area contributed by atoms with Crippen molar-refractivity contribution in [1.82, 2.24) is 4.90 Å². The summed E-state index contributed by atoms with van der Waals surface area (Å²) in [5.74, 6) is -0.288. The predicted molar refractivity (Wildman–Crippen MR) is 81.3 cm³/mol. The van der Waals surface area contributed by atoms with E-state index in [1.54, 1.807) is 0 Å². The van der Waals surface area contributed by atoms with Crippen molar-refractivity contribution in [3.63, 3.8) is 0 Å². The summed E-state index contributed by atoms with van der Waals surface area (Å²) in [6.07, 6.45) is 4.08. The van der Waals surface area contributed by atoms with E-state index >= 15 is 0 Å². The van der Waals surface area contributed by atoms with Crippen LogP contribution in [0.1, 0.15) is 37.3 Å². The van der Waals surface area contributed by atoms with Crippen molar-refractivity contribution >= 4 is 5.97 Å². The number of likely N-dealkylation sites (N-methyl/N-ethyl adjacent to an activating group) is 1. The second kappa shape index (κ2) is 4.33. The van der Waals surface area contributed by atoms with Crippen molar-refractivity contribution in [1.29, 1.82) is 0 Å². The molecular weight excluding hydrogens is 262 g/mol. The molecule has 2 heterocycles. The highest BCUT2D eigenvalue weighted by molar-refractivity contribution is 5.72. The molecule has 1 aromatic carbocycles. The standard InChI is InChI=1S/C18H23NO2/c1-3-18-10-16-12(17(20)21)9-14(18)15(19(16)2)8-11-6-4-5-7-13(11)18/h4-7,12,14-16H,3,8-10H2,1-2H3,(H,20,21)/t12-,14?,15?,16?,18+/m0/s1. The maximum atomic E-state index is 11.6. The first-order valence-corrected chi connectivity index (χ1v) is 8.11. The molecule has 5 rings (SSSR count). The van der Waals surface area contributed by atoms with E-state index in [4.69, 9.17) is 0 Å². The molecule has 1 N–H and O–H groups in total. The van der Waals surface area contributed by atoms with Gasteiger partial charge in [-0.3, -0.25) is 9.69 Å². The first-order chi connectivity index (χ1) is 10.1. The molecule has 0 amide bonds. The van der Waals surface area contributed by atoms with Crippen molar-refractivity contribution in [3.8, 4) is 0 Å². The Morgan fingerprint density at radius 1 is 1.38 bits per heavy atom. The minimum atomic E-state index is -0.603. The molecule has 0 aromatic heterocycles. The molecule has 1 aromatic rings. The predicted octanol–water partition coefficient (Wildman–Crippen LogP) is 2.68. The van der Waals surface area contributed by atoms with Gasteiger partial charge in [-0.15, -0.1) is 0 Å². The van der Waals surface area contributed by atoms with Crippen LogP contribution < -0.4 is 0 Å². The topological polar surface area (TPSA) is 40.5 Å². The Bertz CT molecular complexity index is 599. The van der Waals surface area contributed by atoms with Crippen LogP contribution in [0.2, 0.25) is 0 Å². The zero-order valence-corrected chi connectivity index (χ0v) is 12.7. The van der Waals surface area contributed by atoms with E-state index in [9.17, 15) is 9.90 Å². The monoisotopic (exact) mass is 285 g/mol. The molecular formula is C18H23NO2. The molecule has 5 atom stereocenters. The van der Waals surface area contributed by atoms with Gasteiger partial charge in [0.1, 0.15) is 0 Å². The number of carboxylic acids is 1. The smallest absolute Gasteiger partial charge is 0.308 e. The maximum absolute atomic E-state index is 11.6. The number of piperidine rings is 2. The molecule has 3 nitrogen and oxygen atoms in total. The van der Waals surface area contributed by atoms with Gasteiger partial charge >= 0.3 is 5.97 Å². The van der Waals surface area contributed by atoms with Crippen LogP contribution in [0, 0.1) is 11.8 Å². The van der Waals surface area contributed by atoms with Crippen LogP contribution in [0.4, 0.5) is 0 Å². The van der Waals surface area contributed by atoms with Gasteiger partial charge in [0.05, 0.1) is 5.92 Å². The first-order valence-electron chi connectivity index (χ1n) is 8.11. The lowest BCUT2D eigenvalue weighted by Gasteiger charge is -2.64. The lowest BCUT2D eigenvalue weighted by molar-refractivity contribution is -0.159. The molecule has 4 bridgehead atoms. The molecule has 2 aliphatic carbocycles. The van der Waals surface area contributed by atoms with Crippen molar-refractivity contribution in [2.24, 2.45) is 11.8 Å². The molecule has 1 saturated carbocycles. The first kappa shape index (κ1) is 13.3. The van der Waals surface area contributed by atoms with Gasteiger partial charge in [0.2, 0.25) is 0 Å². The number of carbonyl (C=O) groups is 1. The van der Waals surface area contributed by atoms with Gasteiger partial charge < -0.3 is 5.11 Å². The van der Waals surface area contributed by atoms with E-state index in [1.807, 2.05) is 0 Å². The SMILES string of the molecule is CC[C@]12CC3[C@@H](C(=O)O)CC1C(Cc1ccccc12)N3C. The Balaban J connectivity index is 1.86. The highest BCUT2D eigenvalue weighted by Gasteiger charge is 2.61. The van der Waals surface area contributed by atoms with Gasteiger partial charge in [-0.05, 0) is 49.8 Å². The van der Waals surface area contributed by atoms with Gasteiger partial charge in [0.15, 0.2) is 0 Å². The Morgan fingerprint density at radius 3 is 2.86 bits per heavy atom. The second-order valence-electron chi connectivity index (χ2n) is 7.16. The second-order valence-corrected chi connectivity index (χ2v) is 7.16. The average molecular weight is 285 g/mol. The van der Waals surface area contributed by atoms with Crippen LogP contribution in [0.25, 0.3) is 0 Å². The number of fused-ring (bicyclic) bond motifs is 2. The molecule has 112 valence electrons. The quantitative estimate of drug-likeness (QED) is 0.908. The third kappa shape index (κ3) is 1.56. The van der Waals surface area contributed by atoms with Crippen LogP contribution >= 0.6 is 0 Å². The summed E-state index contributed by atoms with van der Waals surface area (Å²) in [6, 6.07) is 9.58. The summed E-state index contributed by atoms with van der Waals surface area (Å²) < 4.78 is 0. The summed E-state index contributed by atoms with van der Waals surface area (Å²) in [5.41, 5.74) is 3.21. The highest BCUT2D eigenvalue weighted by atomic mass is 16.4. The lowest BCUT2D eigenvalue weighted by Crippen LogP contribution is -2.69. The number of carboxylic acid groups (broad SMARTS) is 1. The zero-order chi connectivity index (χ0) is 14.8. The highest BCUT2D eigenvalue weighted by Crippen LogP contribution is 2.59. The Labute approximate surface area is 126 Å². The van der Waals surface area contributed by atoms with E-state index in [-0.39, 0.29) is 17.4 Å². The third-order valence-corrected chi connectivity index (χ3v) is 6.70. The molecule has 3 unspecified atom stereocenters. The van der Waals surface area contributed by atoms with E-state index < -0.39 is 5.97 Å². The molecule has 3 heteroatoms. The summed E-state index contributed by atoms with van der Waals surface area (Å²) in [5, 5.41) is 9.57. The normalized spacial score (nSPS) is 40.9. The summed E-state index contributed by atoms with van der Waals surface area (Å²) in [7, 11) is 2.14. The van der Waals surface area contributed by atoms with E-state index in [2.05, 4.69) is 43.1 Å². The number of hydrogen-bond donors (Lipinski definition) is 1. The van der Waals surface area contributed by atoms with Crippen LogP contribution in [-0.2, 0) is 16.6 Å². The van der Waals surface area contributed by atoms with Gasteiger partial charge in [-0.1, -0.05) is 31.2 Å². The Hall–Kier alpha value is -1.35. The largest absolute Gasteiger partial charge is 0.481 e. The summed E-state index contributed by atoms with van der Waals surface area (Å²) in [4.78, 5) is 14.0. The van der Waals surface area contributed by atoms with Crippen LogP contribution in [0.5, 0.6) is 0 Å². The summed E-state index contributed by atoms with van der Waals surface area (Å²) >= 11 is 0. The third-order valence-electron chi connectivity index (χ3n) is 6.70. The van der Waals surface area contributed by atoms with Crippen molar-refractivity contribution < 1.29 is 9.90 Å². The number of rotatable bonds is 2. The average Bonchev–Trinajstić information content (AvgIpc) is 2.50. The fourth-order valence-electron chi connectivity index (χ4n) is 5.67. The molecule has 2 saturated heterocycles. The molecule has 2 aliphatic heterocycles. The van der Waals surface area contributed by atoms with Crippen molar-refractivity contribution in [3.05, 3.63) is 35.4 Å². The van der Waals surface area contributed by atoms with Crippen molar-refractivity contribution in [2.75, 3.05) is 7.05 Å². The number of nitrogens with zero attached hydrogens (tertiary/aromatic N) is 1. The number of aliphatic carboxylic acids is 1. The zero-order valence-electron chi connectivity index (χ0n) is 12.7. The fourth-order valence-corrected chi connectivity index (χ4v) is 5.67. The molecule has 0 spiro atoms. The lowest BCUT2D eigenvalue weighted by atomic mass is 9.48. The van der Waals surface area contributed by atoms with Gasteiger partial charge in [0.25, 0.3) is 0 Å². The van der Waals surface area contributed by atoms with Crippen molar-refractivity contribution in [2.45, 2.75) is 50.1 Å². The van der Waals surface area contributed by atoms with Gasteiger partial charge in [-0.2, -0.15) is 0 Å². The fraction of sp³-hybridized carbons (Fsp3) is 0.611. The van der Waals surface area contributed by atoms with E-state index in [1.165, 1.54) is 11.1 Å². The number of hydrogen-bond acceptors (Lipinski definition) is 2. The van der Waals surface area contributed by atoms with Crippen LogP contribution in [-0.4, -0.2) is 35.1 Å². The molecule has 4 aliphatic rings. The molecule has 21 heavy (non-hydrogen) atoms. The van der Waals surface area contributed by atoms with E-state index in [0.717, 1.165) is 25.7 Å². The van der Waals surface area contributed by atoms with Crippen LogP contribution in [0.15, 0.2) is 24.3 Å². The van der Waals surface area contributed by atoms with Gasteiger partial charge in [0, 0.05) is 17.5 Å². The molecule has 3 fully saturated rings. The van der Waals surface area contributed by atoms with Gasteiger partial charge in [-0.25, -0.2) is 0 Å². The van der Waals surface area contributed by atoms with Crippen LogP contribution in [0.3, 0.4) is 0 Å². The minimum Gasteiger partial charge on any atom is -0.481 e. The summed E-state index contributed by atoms with van der Waals surface area (Å²) in [6.45, 7) is 2.29. The molecule has 0 radical (unpaired) electrons. The Morgan fingerprint density at radius 2 is 2.14 bits per heavy atom. The number of benzene rings is 1.